The van der Waals surface area contributed by atoms with E-state index in [4.69, 9.17) is 4.74 Å². The highest BCUT2D eigenvalue weighted by Gasteiger charge is 2.36. The molecule has 7 heteroatoms. The van der Waals surface area contributed by atoms with Gasteiger partial charge in [-0.05, 0) is 25.1 Å². The van der Waals surface area contributed by atoms with Crippen LogP contribution in [0.1, 0.15) is 29.8 Å². The van der Waals surface area contributed by atoms with Crippen molar-refractivity contribution in [3.8, 4) is 0 Å². The number of rotatable bonds is 3. The van der Waals surface area contributed by atoms with Crippen molar-refractivity contribution in [2.75, 3.05) is 0 Å². The monoisotopic (exact) mass is 325 g/mol. The van der Waals surface area contributed by atoms with E-state index in [-0.39, 0.29) is 23.1 Å². The van der Waals surface area contributed by atoms with E-state index < -0.39 is 11.2 Å². The number of hydrogen-bond acceptors (Lipinski definition) is 5. The van der Waals surface area contributed by atoms with Crippen LogP contribution in [0.15, 0.2) is 53.6 Å². The van der Waals surface area contributed by atoms with Crippen LogP contribution in [0, 0.1) is 17.0 Å². The Balaban J connectivity index is 2.00. The van der Waals surface area contributed by atoms with Crippen molar-refractivity contribution in [2.45, 2.75) is 20.1 Å². The number of aryl methyl sites for hydroxylation is 1. The molecular weight excluding hydrogens is 310 g/mol. The highest BCUT2D eigenvalue weighted by molar-refractivity contribution is 5.96. The Bertz CT molecular complexity index is 830. The number of para-hydroxylation sites is 1. The van der Waals surface area contributed by atoms with Gasteiger partial charge < -0.3 is 4.74 Å². The maximum Gasteiger partial charge on any atom is 0.278 e. The standard InChI is InChI=1S/C17H15N3O4/c1-11-7-9-13(10-8-11)16-18-19(12(2)21)17(24-16)14-5-3-4-6-15(14)20(22)23/h3-10,17H,1-2H3/t17-/m0/s1. The van der Waals surface area contributed by atoms with Crippen LogP contribution in [0.4, 0.5) is 5.69 Å². The van der Waals surface area contributed by atoms with Gasteiger partial charge in [-0.25, -0.2) is 0 Å². The van der Waals surface area contributed by atoms with Crippen molar-refractivity contribution in [1.29, 1.82) is 0 Å². The van der Waals surface area contributed by atoms with Crippen LogP contribution in [-0.2, 0) is 9.53 Å². The second-order valence-electron chi connectivity index (χ2n) is 5.42. The Morgan fingerprint density at radius 1 is 1.21 bits per heavy atom. The van der Waals surface area contributed by atoms with Gasteiger partial charge in [0.25, 0.3) is 5.69 Å². The summed E-state index contributed by atoms with van der Waals surface area (Å²) in [6.45, 7) is 3.30. The molecule has 0 aliphatic carbocycles. The zero-order chi connectivity index (χ0) is 17.3. The molecule has 3 rings (SSSR count). The Labute approximate surface area is 138 Å². The number of nitrogens with zero attached hydrogens (tertiary/aromatic N) is 3. The highest BCUT2D eigenvalue weighted by Crippen LogP contribution is 2.35. The van der Waals surface area contributed by atoms with Gasteiger partial charge in [0.05, 0.1) is 10.5 Å². The molecule has 0 aromatic heterocycles. The van der Waals surface area contributed by atoms with Gasteiger partial charge >= 0.3 is 0 Å². The molecule has 1 heterocycles. The van der Waals surface area contributed by atoms with Gasteiger partial charge in [0.15, 0.2) is 0 Å². The number of benzene rings is 2. The van der Waals surface area contributed by atoms with E-state index in [0.29, 0.717) is 5.56 Å². The molecule has 2 aromatic carbocycles. The fourth-order valence-corrected chi connectivity index (χ4v) is 2.44. The molecule has 0 spiro atoms. The number of carbonyl (C=O) groups excluding carboxylic acids is 1. The fraction of sp³-hybridized carbons (Fsp3) is 0.176. The van der Waals surface area contributed by atoms with Crippen molar-refractivity contribution >= 4 is 17.5 Å². The van der Waals surface area contributed by atoms with Gasteiger partial charge in [0.2, 0.25) is 18.0 Å². The summed E-state index contributed by atoms with van der Waals surface area (Å²) in [6, 6.07) is 13.6. The predicted octanol–water partition coefficient (Wildman–Crippen LogP) is 3.14. The van der Waals surface area contributed by atoms with Crippen molar-refractivity contribution in [3.63, 3.8) is 0 Å². The number of nitro groups is 1. The quantitative estimate of drug-likeness (QED) is 0.641. The first-order valence-electron chi connectivity index (χ1n) is 7.33. The summed E-state index contributed by atoms with van der Waals surface area (Å²) in [5.41, 5.74) is 1.95. The molecule has 1 atom stereocenters. The zero-order valence-corrected chi connectivity index (χ0v) is 13.2. The lowest BCUT2D eigenvalue weighted by atomic mass is 10.1. The molecule has 0 fully saturated rings. The Kier molecular flexibility index (Phi) is 3.99. The summed E-state index contributed by atoms with van der Waals surface area (Å²) >= 11 is 0. The zero-order valence-electron chi connectivity index (χ0n) is 13.2. The lowest BCUT2D eigenvalue weighted by Gasteiger charge is -2.19. The van der Waals surface area contributed by atoms with Gasteiger partial charge in [0, 0.05) is 18.6 Å². The molecule has 0 unspecified atom stereocenters. The van der Waals surface area contributed by atoms with Gasteiger partial charge in [-0.15, -0.1) is 5.10 Å². The van der Waals surface area contributed by atoms with Gasteiger partial charge in [0.1, 0.15) is 0 Å². The lowest BCUT2D eigenvalue weighted by Crippen LogP contribution is -2.25. The second kappa shape index (κ2) is 6.11. The third-order valence-electron chi connectivity index (χ3n) is 3.66. The first-order chi connectivity index (χ1) is 11.5. The molecule has 122 valence electrons. The van der Waals surface area contributed by atoms with Crippen LogP contribution in [0.2, 0.25) is 0 Å². The van der Waals surface area contributed by atoms with Crippen LogP contribution in [0.5, 0.6) is 0 Å². The summed E-state index contributed by atoms with van der Waals surface area (Å²) < 4.78 is 5.79. The molecular formula is C17H15N3O4. The molecule has 1 aliphatic rings. The molecule has 7 nitrogen and oxygen atoms in total. The first-order valence-corrected chi connectivity index (χ1v) is 7.33. The first kappa shape index (κ1) is 15.7. The van der Waals surface area contributed by atoms with Crippen LogP contribution in [0.3, 0.4) is 0 Å². The maximum absolute atomic E-state index is 11.9. The molecule has 0 radical (unpaired) electrons. The summed E-state index contributed by atoms with van der Waals surface area (Å²) in [5.74, 6) is -0.103. The van der Waals surface area contributed by atoms with Crippen LogP contribution < -0.4 is 0 Å². The third kappa shape index (κ3) is 2.83. The van der Waals surface area contributed by atoms with Gasteiger partial charge in [-0.3, -0.25) is 14.9 Å². The van der Waals surface area contributed by atoms with E-state index in [0.717, 1.165) is 10.6 Å². The van der Waals surface area contributed by atoms with E-state index in [1.54, 1.807) is 18.2 Å². The van der Waals surface area contributed by atoms with E-state index >= 15 is 0 Å². The minimum absolute atomic E-state index is 0.117. The van der Waals surface area contributed by atoms with Crippen LogP contribution in [0.25, 0.3) is 0 Å². The van der Waals surface area contributed by atoms with Crippen molar-refractivity contribution in [2.24, 2.45) is 5.10 Å². The topological polar surface area (TPSA) is 85.0 Å². The Morgan fingerprint density at radius 2 is 1.88 bits per heavy atom. The lowest BCUT2D eigenvalue weighted by molar-refractivity contribution is -0.386. The molecule has 24 heavy (non-hydrogen) atoms. The van der Waals surface area contributed by atoms with Crippen molar-refractivity contribution in [3.05, 3.63) is 75.3 Å². The smallest absolute Gasteiger partial charge is 0.278 e. The molecule has 1 aliphatic heterocycles. The van der Waals surface area contributed by atoms with E-state index in [1.807, 2.05) is 31.2 Å². The number of nitro benzene ring substituents is 1. The molecule has 0 N–H and O–H groups in total. The Morgan fingerprint density at radius 3 is 2.50 bits per heavy atom. The normalized spacial score (nSPS) is 16.5. The van der Waals surface area contributed by atoms with Gasteiger partial charge in [-0.1, -0.05) is 29.8 Å². The highest BCUT2D eigenvalue weighted by atomic mass is 16.6. The summed E-state index contributed by atoms with van der Waals surface area (Å²) in [4.78, 5) is 22.7. The Hall–Kier alpha value is -3.22. The largest absolute Gasteiger partial charge is 0.445 e. The number of hydrazone groups is 1. The molecule has 0 saturated heterocycles. The molecule has 1 amide bonds. The van der Waals surface area contributed by atoms with Crippen molar-refractivity contribution < 1.29 is 14.5 Å². The molecule has 2 aromatic rings. The average molecular weight is 325 g/mol. The number of ether oxygens (including phenoxy) is 1. The van der Waals surface area contributed by atoms with E-state index in [9.17, 15) is 14.9 Å². The van der Waals surface area contributed by atoms with E-state index in [1.165, 1.54) is 13.0 Å². The minimum atomic E-state index is -0.958. The summed E-state index contributed by atoms with van der Waals surface area (Å²) in [7, 11) is 0. The average Bonchev–Trinajstić information content (AvgIpc) is 3.01. The number of carbonyl (C=O) groups is 1. The van der Waals surface area contributed by atoms with Crippen LogP contribution in [-0.4, -0.2) is 21.7 Å². The van der Waals surface area contributed by atoms with Crippen molar-refractivity contribution in [1.82, 2.24) is 5.01 Å². The van der Waals surface area contributed by atoms with E-state index in [2.05, 4.69) is 5.10 Å². The SMILES string of the molecule is CC(=O)N1N=C(c2ccc(C)cc2)O[C@H]1c1ccccc1[N+](=O)[O-]. The summed E-state index contributed by atoms with van der Waals surface area (Å²) in [5, 5.41) is 16.6. The van der Waals surface area contributed by atoms with Crippen LogP contribution >= 0.6 is 0 Å². The summed E-state index contributed by atoms with van der Waals surface area (Å²) in [6.07, 6.45) is -0.958. The minimum Gasteiger partial charge on any atom is -0.445 e. The third-order valence-corrected chi connectivity index (χ3v) is 3.66. The van der Waals surface area contributed by atoms with Gasteiger partial charge in [-0.2, -0.15) is 5.01 Å². The number of amides is 1. The maximum atomic E-state index is 11.9. The molecule has 0 bridgehead atoms. The second-order valence-corrected chi connectivity index (χ2v) is 5.42. The number of hydrogen-bond donors (Lipinski definition) is 0. The molecule has 0 saturated carbocycles. The predicted molar refractivity (Wildman–Crippen MR) is 87.2 cm³/mol. The fourth-order valence-electron chi connectivity index (χ4n) is 2.44.